The number of nitrogens with zero attached hydrogens (tertiary/aromatic N) is 2. The Bertz CT molecular complexity index is 545. The molecule has 0 saturated carbocycles. The fourth-order valence-corrected chi connectivity index (χ4v) is 1.97. The summed E-state index contributed by atoms with van der Waals surface area (Å²) in [5, 5.41) is 6.42. The Labute approximate surface area is 125 Å². The van der Waals surface area contributed by atoms with Crippen molar-refractivity contribution in [2.75, 3.05) is 37.9 Å². The van der Waals surface area contributed by atoms with E-state index in [0.717, 1.165) is 49.0 Å². The lowest BCUT2D eigenvalue weighted by Crippen LogP contribution is -2.07. The highest BCUT2D eigenvalue weighted by Gasteiger charge is 2.05. The summed E-state index contributed by atoms with van der Waals surface area (Å²) >= 11 is 0. The molecule has 1 heterocycles. The number of aromatic nitrogens is 2. The molecule has 0 aliphatic rings. The van der Waals surface area contributed by atoms with Gasteiger partial charge in [0.2, 0.25) is 0 Å². The molecule has 0 atom stereocenters. The number of ether oxygens (including phenoxy) is 1. The van der Waals surface area contributed by atoms with E-state index in [1.54, 1.807) is 7.11 Å². The largest absolute Gasteiger partial charge is 0.385 e. The molecule has 2 rings (SSSR count). The van der Waals surface area contributed by atoms with E-state index in [4.69, 9.17) is 4.74 Å². The maximum absolute atomic E-state index is 5.04. The highest BCUT2D eigenvalue weighted by Crippen LogP contribution is 2.19. The van der Waals surface area contributed by atoms with Crippen molar-refractivity contribution in [1.29, 1.82) is 0 Å². The van der Waals surface area contributed by atoms with Crippen LogP contribution in [0.2, 0.25) is 0 Å². The first kappa shape index (κ1) is 15.3. The van der Waals surface area contributed by atoms with Gasteiger partial charge in [0.15, 0.2) is 5.82 Å². The monoisotopic (exact) mass is 286 g/mol. The molecule has 0 unspecified atom stereocenters. The summed E-state index contributed by atoms with van der Waals surface area (Å²) in [6.45, 7) is 1.67. The van der Waals surface area contributed by atoms with Crippen LogP contribution < -0.4 is 10.6 Å². The van der Waals surface area contributed by atoms with E-state index < -0.39 is 0 Å². The molecule has 112 valence electrons. The smallest absolute Gasteiger partial charge is 0.163 e. The van der Waals surface area contributed by atoms with Gasteiger partial charge in [-0.05, 0) is 12.8 Å². The topological polar surface area (TPSA) is 59.1 Å². The molecule has 2 N–H and O–H groups in total. The maximum Gasteiger partial charge on any atom is 0.163 e. The summed E-state index contributed by atoms with van der Waals surface area (Å²) in [5.74, 6) is 2.37. The minimum absolute atomic E-state index is 0.724. The lowest BCUT2D eigenvalue weighted by atomic mass is 10.2. The SMILES string of the molecule is CNc1cc(NCCCCOC)nc(-c2ccccc2)n1. The van der Waals surface area contributed by atoms with Gasteiger partial charge >= 0.3 is 0 Å². The highest BCUT2D eigenvalue weighted by atomic mass is 16.5. The van der Waals surface area contributed by atoms with Gasteiger partial charge in [0.1, 0.15) is 11.6 Å². The van der Waals surface area contributed by atoms with E-state index in [1.165, 1.54) is 0 Å². The summed E-state index contributed by atoms with van der Waals surface area (Å²) in [4.78, 5) is 9.07. The molecule has 21 heavy (non-hydrogen) atoms. The average Bonchev–Trinajstić information content (AvgIpc) is 2.55. The second-order valence-corrected chi connectivity index (χ2v) is 4.70. The van der Waals surface area contributed by atoms with Crippen molar-refractivity contribution >= 4 is 11.6 Å². The number of anilines is 2. The fourth-order valence-electron chi connectivity index (χ4n) is 1.97. The van der Waals surface area contributed by atoms with Crippen LogP contribution in [-0.2, 0) is 4.74 Å². The Morgan fingerprint density at radius 2 is 1.81 bits per heavy atom. The Balaban J connectivity index is 2.07. The van der Waals surface area contributed by atoms with Crippen LogP contribution in [0.4, 0.5) is 11.6 Å². The van der Waals surface area contributed by atoms with E-state index in [-0.39, 0.29) is 0 Å². The third-order valence-electron chi connectivity index (χ3n) is 3.10. The van der Waals surface area contributed by atoms with Gasteiger partial charge in [-0.15, -0.1) is 0 Å². The number of hydrogen-bond donors (Lipinski definition) is 2. The summed E-state index contributed by atoms with van der Waals surface area (Å²) in [5.41, 5.74) is 1.01. The van der Waals surface area contributed by atoms with Gasteiger partial charge in [-0.3, -0.25) is 0 Å². The van der Waals surface area contributed by atoms with Crippen LogP contribution in [0.1, 0.15) is 12.8 Å². The van der Waals surface area contributed by atoms with Crippen molar-refractivity contribution in [2.45, 2.75) is 12.8 Å². The van der Waals surface area contributed by atoms with Crippen molar-refractivity contribution < 1.29 is 4.74 Å². The van der Waals surface area contributed by atoms with E-state index in [2.05, 4.69) is 20.6 Å². The standard InChI is InChI=1S/C16H22N4O/c1-17-14-12-15(18-10-6-7-11-21-2)20-16(19-14)13-8-4-3-5-9-13/h3-5,8-9,12H,6-7,10-11H2,1-2H3,(H2,17,18,19,20). The van der Waals surface area contributed by atoms with E-state index in [9.17, 15) is 0 Å². The lowest BCUT2D eigenvalue weighted by Gasteiger charge is -2.10. The van der Waals surface area contributed by atoms with Crippen molar-refractivity contribution in [1.82, 2.24) is 9.97 Å². The van der Waals surface area contributed by atoms with Gasteiger partial charge in [-0.25, -0.2) is 9.97 Å². The number of unbranched alkanes of at least 4 members (excludes halogenated alkanes) is 1. The number of benzene rings is 1. The molecule has 5 nitrogen and oxygen atoms in total. The van der Waals surface area contributed by atoms with Crippen LogP contribution in [0.3, 0.4) is 0 Å². The number of nitrogens with one attached hydrogen (secondary N) is 2. The van der Waals surface area contributed by atoms with Crippen molar-refractivity contribution in [3.8, 4) is 11.4 Å². The summed E-state index contributed by atoms with van der Waals surface area (Å²) in [6.07, 6.45) is 2.09. The van der Waals surface area contributed by atoms with Crippen molar-refractivity contribution in [2.24, 2.45) is 0 Å². The molecule has 0 fully saturated rings. The first-order valence-electron chi connectivity index (χ1n) is 7.18. The summed E-state index contributed by atoms with van der Waals surface area (Å²) < 4.78 is 5.04. The zero-order valence-electron chi connectivity index (χ0n) is 12.6. The Hall–Kier alpha value is -2.14. The van der Waals surface area contributed by atoms with Crippen LogP contribution >= 0.6 is 0 Å². The minimum Gasteiger partial charge on any atom is -0.385 e. The second-order valence-electron chi connectivity index (χ2n) is 4.70. The normalized spacial score (nSPS) is 10.4. The lowest BCUT2D eigenvalue weighted by molar-refractivity contribution is 0.194. The molecular weight excluding hydrogens is 264 g/mol. The highest BCUT2D eigenvalue weighted by molar-refractivity contribution is 5.61. The first-order chi connectivity index (χ1) is 10.3. The molecule has 0 amide bonds. The predicted octanol–water partition coefficient (Wildman–Crippen LogP) is 3.02. The molecule has 2 aromatic rings. The molecule has 0 spiro atoms. The quantitative estimate of drug-likeness (QED) is 0.730. The zero-order chi connectivity index (χ0) is 14.9. The average molecular weight is 286 g/mol. The minimum atomic E-state index is 0.724. The van der Waals surface area contributed by atoms with Gasteiger partial charge in [0.05, 0.1) is 0 Å². The molecule has 0 saturated heterocycles. The fraction of sp³-hybridized carbons (Fsp3) is 0.375. The van der Waals surface area contributed by atoms with Gasteiger partial charge in [0, 0.05) is 38.9 Å². The van der Waals surface area contributed by atoms with Crippen LogP contribution in [0, 0.1) is 0 Å². The number of rotatable bonds is 8. The predicted molar refractivity (Wildman–Crippen MR) is 86.6 cm³/mol. The first-order valence-corrected chi connectivity index (χ1v) is 7.18. The molecular formula is C16H22N4O. The van der Waals surface area contributed by atoms with Crippen LogP contribution in [0.5, 0.6) is 0 Å². The third-order valence-corrected chi connectivity index (χ3v) is 3.10. The molecule has 0 bridgehead atoms. The van der Waals surface area contributed by atoms with Crippen LogP contribution in [0.25, 0.3) is 11.4 Å². The van der Waals surface area contributed by atoms with Gasteiger partial charge in [-0.1, -0.05) is 30.3 Å². The van der Waals surface area contributed by atoms with E-state index >= 15 is 0 Å². The van der Waals surface area contributed by atoms with Gasteiger partial charge < -0.3 is 15.4 Å². The molecule has 1 aromatic heterocycles. The Morgan fingerprint density at radius 3 is 2.52 bits per heavy atom. The Morgan fingerprint density at radius 1 is 1.05 bits per heavy atom. The van der Waals surface area contributed by atoms with Crippen LogP contribution in [-0.4, -0.2) is 37.3 Å². The molecule has 0 radical (unpaired) electrons. The van der Waals surface area contributed by atoms with Gasteiger partial charge in [-0.2, -0.15) is 0 Å². The van der Waals surface area contributed by atoms with Crippen molar-refractivity contribution in [3.05, 3.63) is 36.4 Å². The molecule has 0 aliphatic carbocycles. The summed E-state index contributed by atoms with van der Waals surface area (Å²) in [6, 6.07) is 11.9. The van der Waals surface area contributed by atoms with Crippen molar-refractivity contribution in [3.63, 3.8) is 0 Å². The van der Waals surface area contributed by atoms with E-state index in [1.807, 2.05) is 43.4 Å². The van der Waals surface area contributed by atoms with Gasteiger partial charge in [0.25, 0.3) is 0 Å². The molecule has 1 aromatic carbocycles. The summed E-state index contributed by atoms with van der Waals surface area (Å²) in [7, 11) is 3.59. The molecule has 0 aliphatic heterocycles. The molecule has 5 heteroatoms. The van der Waals surface area contributed by atoms with E-state index in [0.29, 0.717) is 0 Å². The maximum atomic E-state index is 5.04. The number of hydrogen-bond acceptors (Lipinski definition) is 5. The Kier molecular flexibility index (Phi) is 5.97. The number of methoxy groups -OCH3 is 1. The van der Waals surface area contributed by atoms with Crippen LogP contribution in [0.15, 0.2) is 36.4 Å². The third kappa shape index (κ3) is 4.72. The zero-order valence-corrected chi connectivity index (χ0v) is 12.6. The second kappa shape index (κ2) is 8.21.